The van der Waals surface area contributed by atoms with Crippen LogP contribution in [0.25, 0.3) is 10.2 Å². The summed E-state index contributed by atoms with van der Waals surface area (Å²) in [7, 11) is -3.27. The lowest BCUT2D eigenvalue weighted by atomic mass is 9.97. The van der Waals surface area contributed by atoms with Crippen molar-refractivity contribution in [2.45, 2.75) is 32.1 Å². The Morgan fingerprint density at radius 1 is 1.12 bits per heavy atom. The van der Waals surface area contributed by atoms with E-state index in [4.69, 9.17) is 0 Å². The average molecular weight is 389 g/mol. The molecule has 3 aromatic rings. The first kappa shape index (κ1) is 18.5. The summed E-state index contributed by atoms with van der Waals surface area (Å²) in [6.07, 6.45) is 1.45. The van der Waals surface area contributed by atoms with Crippen molar-refractivity contribution in [3.05, 3.63) is 52.6 Å². The first-order chi connectivity index (χ1) is 12.1. The Balaban J connectivity index is 1.82. The SMILES string of the molecule is Cc1cc(C)c(CC(=O)Nc2nc3ccc(S(C)(=O)=O)cc3s2)c(C)c1. The number of aryl methyl sites for hydroxylation is 3. The molecule has 3 rings (SSSR count). The minimum atomic E-state index is -3.27. The maximum Gasteiger partial charge on any atom is 0.230 e. The number of rotatable bonds is 4. The molecule has 0 bridgehead atoms. The topological polar surface area (TPSA) is 76.1 Å². The lowest BCUT2D eigenvalue weighted by Gasteiger charge is -2.10. The van der Waals surface area contributed by atoms with Gasteiger partial charge in [-0.25, -0.2) is 13.4 Å². The van der Waals surface area contributed by atoms with Gasteiger partial charge in [-0.2, -0.15) is 0 Å². The normalized spacial score (nSPS) is 11.7. The smallest absolute Gasteiger partial charge is 0.230 e. The molecule has 0 atom stereocenters. The van der Waals surface area contributed by atoms with Crippen LogP contribution in [0.1, 0.15) is 22.3 Å². The van der Waals surface area contributed by atoms with Crippen molar-refractivity contribution in [1.82, 2.24) is 4.98 Å². The largest absolute Gasteiger partial charge is 0.302 e. The number of amides is 1. The van der Waals surface area contributed by atoms with E-state index in [1.54, 1.807) is 12.1 Å². The molecule has 5 nitrogen and oxygen atoms in total. The number of carbonyl (C=O) groups excluding carboxylic acids is 1. The third-order valence-corrected chi connectivity index (χ3v) is 6.26. The standard InChI is InChI=1S/C19H20N2O3S2/c1-11-7-12(2)15(13(3)8-11)10-18(22)21-19-20-16-6-5-14(26(4,23)24)9-17(16)25-19/h5-9H,10H2,1-4H3,(H,20,21,22). The number of thiazole rings is 1. The molecule has 0 fully saturated rings. The van der Waals surface area contributed by atoms with E-state index in [1.165, 1.54) is 29.2 Å². The summed E-state index contributed by atoms with van der Waals surface area (Å²) in [6.45, 7) is 6.05. The zero-order chi connectivity index (χ0) is 19.1. The van der Waals surface area contributed by atoms with E-state index in [9.17, 15) is 13.2 Å². The molecular weight excluding hydrogens is 368 g/mol. The zero-order valence-electron chi connectivity index (χ0n) is 15.1. The van der Waals surface area contributed by atoms with E-state index in [0.29, 0.717) is 10.6 Å². The Labute approximate surface area is 157 Å². The fourth-order valence-electron chi connectivity index (χ4n) is 3.00. The van der Waals surface area contributed by atoms with Crippen molar-refractivity contribution in [2.24, 2.45) is 0 Å². The second kappa shape index (κ2) is 6.81. The molecular formula is C19H20N2O3S2. The maximum atomic E-state index is 12.4. The molecule has 0 aliphatic rings. The second-order valence-electron chi connectivity index (χ2n) is 6.52. The number of carbonyl (C=O) groups is 1. The van der Waals surface area contributed by atoms with Crippen LogP contribution < -0.4 is 5.32 Å². The van der Waals surface area contributed by atoms with Crippen LogP contribution in [0.3, 0.4) is 0 Å². The van der Waals surface area contributed by atoms with E-state index in [1.807, 2.05) is 20.8 Å². The summed E-state index contributed by atoms with van der Waals surface area (Å²) in [5, 5.41) is 3.30. The molecule has 0 aliphatic heterocycles. The van der Waals surface area contributed by atoms with Crippen LogP contribution in [-0.4, -0.2) is 25.6 Å². The number of hydrogen-bond donors (Lipinski definition) is 1. The molecule has 0 spiro atoms. The van der Waals surface area contributed by atoms with Crippen molar-refractivity contribution in [3.8, 4) is 0 Å². The summed E-state index contributed by atoms with van der Waals surface area (Å²) in [4.78, 5) is 17.0. The van der Waals surface area contributed by atoms with Crippen molar-refractivity contribution < 1.29 is 13.2 Å². The van der Waals surface area contributed by atoms with E-state index < -0.39 is 9.84 Å². The van der Waals surface area contributed by atoms with Crippen molar-refractivity contribution in [2.75, 3.05) is 11.6 Å². The van der Waals surface area contributed by atoms with Crippen molar-refractivity contribution in [1.29, 1.82) is 0 Å². The maximum absolute atomic E-state index is 12.4. The minimum Gasteiger partial charge on any atom is -0.302 e. The molecule has 7 heteroatoms. The lowest BCUT2D eigenvalue weighted by Crippen LogP contribution is -2.15. The Hall–Kier alpha value is -2.25. The lowest BCUT2D eigenvalue weighted by molar-refractivity contribution is -0.115. The predicted molar refractivity (Wildman–Crippen MR) is 106 cm³/mol. The Morgan fingerprint density at radius 2 is 1.77 bits per heavy atom. The van der Waals surface area contributed by atoms with Crippen LogP contribution in [-0.2, 0) is 21.1 Å². The van der Waals surface area contributed by atoms with Gasteiger partial charge in [0.2, 0.25) is 5.91 Å². The molecule has 0 saturated carbocycles. The molecule has 1 N–H and O–H groups in total. The Morgan fingerprint density at radius 3 is 2.38 bits per heavy atom. The van der Waals surface area contributed by atoms with E-state index in [-0.39, 0.29) is 17.2 Å². The van der Waals surface area contributed by atoms with Gasteiger partial charge in [-0.05, 0) is 55.7 Å². The van der Waals surface area contributed by atoms with Crippen LogP contribution in [0.15, 0.2) is 35.2 Å². The highest BCUT2D eigenvalue weighted by atomic mass is 32.2. The number of anilines is 1. The van der Waals surface area contributed by atoms with Gasteiger partial charge in [0.1, 0.15) is 0 Å². The van der Waals surface area contributed by atoms with Gasteiger partial charge < -0.3 is 5.32 Å². The Kier molecular flexibility index (Phi) is 4.86. The van der Waals surface area contributed by atoms with Gasteiger partial charge in [-0.15, -0.1) is 0 Å². The van der Waals surface area contributed by atoms with Crippen molar-refractivity contribution in [3.63, 3.8) is 0 Å². The van der Waals surface area contributed by atoms with Gasteiger partial charge in [0.25, 0.3) is 0 Å². The average Bonchev–Trinajstić information content (AvgIpc) is 2.91. The van der Waals surface area contributed by atoms with Gasteiger partial charge in [0, 0.05) is 6.26 Å². The van der Waals surface area contributed by atoms with Crippen molar-refractivity contribution >= 4 is 42.4 Å². The Bertz CT molecular complexity index is 1090. The fraction of sp³-hybridized carbons (Fsp3) is 0.263. The third-order valence-electron chi connectivity index (χ3n) is 4.21. The van der Waals surface area contributed by atoms with E-state index in [0.717, 1.165) is 21.4 Å². The number of nitrogens with one attached hydrogen (secondary N) is 1. The molecule has 26 heavy (non-hydrogen) atoms. The molecule has 2 aromatic carbocycles. The summed E-state index contributed by atoms with van der Waals surface area (Å²) < 4.78 is 24.1. The van der Waals surface area contributed by atoms with Gasteiger partial charge >= 0.3 is 0 Å². The fourth-order valence-corrected chi connectivity index (χ4v) is 4.64. The van der Waals surface area contributed by atoms with Gasteiger partial charge in [0.15, 0.2) is 15.0 Å². The molecule has 1 aromatic heterocycles. The predicted octanol–water partition coefficient (Wildman–Crippen LogP) is 3.81. The summed E-state index contributed by atoms with van der Waals surface area (Å²) in [5.41, 5.74) is 5.06. The minimum absolute atomic E-state index is 0.137. The first-order valence-corrected chi connectivity index (χ1v) is 10.8. The summed E-state index contributed by atoms with van der Waals surface area (Å²) in [6, 6.07) is 8.92. The number of hydrogen-bond acceptors (Lipinski definition) is 5. The number of sulfone groups is 1. The van der Waals surface area contributed by atoms with Gasteiger partial charge in [-0.1, -0.05) is 29.0 Å². The number of fused-ring (bicyclic) bond motifs is 1. The van der Waals surface area contributed by atoms with Gasteiger partial charge in [-0.3, -0.25) is 4.79 Å². The highest BCUT2D eigenvalue weighted by molar-refractivity contribution is 7.90. The number of benzene rings is 2. The number of aromatic nitrogens is 1. The van der Waals surface area contributed by atoms with E-state index >= 15 is 0 Å². The quantitative estimate of drug-likeness (QED) is 0.737. The molecule has 0 aliphatic carbocycles. The third kappa shape index (κ3) is 3.94. The molecule has 1 heterocycles. The van der Waals surface area contributed by atoms with Crippen LogP contribution in [0.5, 0.6) is 0 Å². The summed E-state index contributed by atoms with van der Waals surface area (Å²) in [5.74, 6) is -0.137. The molecule has 136 valence electrons. The van der Waals surface area contributed by atoms with Gasteiger partial charge in [0.05, 0.1) is 21.5 Å². The molecule has 0 unspecified atom stereocenters. The molecule has 1 amide bonds. The monoisotopic (exact) mass is 388 g/mol. The first-order valence-electron chi connectivity index (χ1n) is 8.11. The van der Waals surface area contributed by atoms with Crippen LogP contribution in [0.2, 0.25) is 0 Å². The molecule has 0 radical (unpaired) electrons. The summed E-state index contributed by atoms with van der Waals surface area (Å²) >= 11 is 1.27. The van der Waals surface area contributed by atoms with Crippen LogP contribution in [0, 0.1) is 20.8 Å². The van der Waals surface area contributed by atoms with Crippen LogP contribution >= 0.6 is 11.3 Å². The molecule has 0 saturated heterocycles. The number of nitrogens with zero attached hydrogens (tertiary/aromatic N) is 1. The highest BCUT2D eigenvalue weighted by Crippen LogP contribution is 2.28. The zero-order valence-corrected chi connectivity index (χ0v) is 16.7. The van der Waals surface area contributed by atoms with E-state index in [2.05, 4.69) is 22.4 Å². The highest BCUT2D eigenvalue weighted by Gasteiger charge is 2.14. The second-order valence-corrected chi connectivity index (χ2v) is 9.57. The van der Waals surface area contributed by atoms with Crippen LogP contribution in [0.4, 0.5) is 5.13 Å².